The summed E-state index contributed by atoms with van der Waals surface area (Å²) in [6.45, 7) is 7.02. The summed E-state index contributed by atoms with van der Waals surface area (Å²) in [7, 11) is 0. The molecule has 0 aliphatic carbocycles. The first kappa shape index (κ1) is 17.9. The number of benzene rings is 1. The molecule has 1 aromatic carbocycles. The Morgan fingerprint density at radius 3 is 2.58 bits per heavy atom. The molecule has 0 bridgehead atoms. The number of aromatic nitrogens is 1. The van der Waals surface area contributed by atoms with Crippen molar-refractivity contribution in [3.8, 4) is 0 Å². The summed E-state index contributed by atoms with van der Waals surface area (Å²) in [5.41, 5.74) is 3.60. The van der Waals surface area contributed by atoms with Crippen LogP contribution in [0.5, 0.6) is 0 Å². The molecule has 1 aromatic heterocycles. The minimum atomic E-state index is -0.185. The molecule has 3 rings (SSSR count). The van der Waals surface area contributed by atoms with E-state index in [0.717, 1.165) is 24.3 Å². The van der Waals surface area contributed by atoms with Gasteiger partial charge in [0.15, 0.2) is 0 Å². The molecule has 0 unspecified atom stereocenters. The van der Waals surface area contributed by atoms with Crippen molar-refractivity contribution in [2.75, 3.05) is 31.1 Å². The molecule has 1 aliphatic rings. The van der Waals surface area contributed by atoms with Crippen molar-refractivity contribution < 1.29 is 9.59 Å². The third-order valence-corrected chi connectivity index (χ3v) is 4.60. The van der Waals surface area contributed by atoms with Gasteiger partial charge in [0.05, 0.1) is 0 Å². The fourth-order valence-electron chi connectivity index (χ4n) is 3.11. The molecule has 1 N–H and O–H groups in total. The Morgan fingerprint density at radius 1 is 1.12 bits per heavy atom. The Kier molecular flexibility index (Phi) is 5.51. The number of hydrogen-bond acceptors (Lipinski definition) is 4. The van der Waals surface area contributed by atoms with Gasteiger partial charge in [-0.15, -0.1) is 0 Å². The van der Waals surface area contributed by atoms with Crippen molar-refractivity contribution in [3.05, 3.63) is 59.4 Å². The molecule has 1 aliphatic heterocycles. The highest BCUT2D eigenvalue weighted by Gasteiger charge is 2.19. The van der Waals surface area contributed by atoms with E-state index in [1.165, 1.54) is 5.56 Å². The van der Waals surface area contributed by atoms with E-state index in [4.69, 9.17) is 0 Å². The first-order valence-corrected chi connectivity index (χ1v) is 8.83. The van der Waals surface area contributed by atoms with Crippen molar-refractivity contribution in [3.63, 3.8) is 0 Å². The highest BCUT2D eigenvalue weighted by Crippen LogP contribution is 2.17. The minimum absolute atomic E-state index is 0.107. The summed E-state index contributed by atoms with van der Waals surface area (Å²) in [6, 6.07) is 11.8. The highest BCUT2D eigenvalue weighted by molar-refractivity contribution is 5.93. The van der Waals surface area contributed by atoms with E-state index in [9.17, 15) is 9.59 Å². The number of carbonyl (C=O) groups is 2. The van der Waals surface area contributed by atoms with Crippen LogP contribution in [-0.4, -0.2) is 47.9 Å². The average Bonchev–Trinajstić information content (AvgIpc) is 2.66. The molecular formula is C20H24N4O2. The Labute approximate surface area is 153 Å². The van der Waals surface area contributed by atoms with Crippen LogP contribution in [0, 0.1) is 6.92 Å². The van der Waals surface area contributed by atoms with Crippen LogP contribution in [0.25, 0.3) is 0 Å². The molecule has 0 atom stereocenters. The number of hydrogen-bond donors (Lipinski definition) is 1. The zero-order valence-electron chi connectivity index (χ0n) is 15.2. The summed E-state index contributed by atoms with van der Waals surface area (Å²) in [6.07, 6.45) is 1.66. The number of piperazine rings is 1. The number of amides is 2. The van der Waals surface area contributed by atoms with Gasteiger partial charge in [0, 0.05) is 51.5 Å². The molecule has 6 heteroatoms. The first-order valence-electron chi connectivity index (χ1n) is 8.83. The molecule has 1 saturated heterocycles. The van der Waals surface area contributed by atoms with Gasteiger partial charge in [0.25, 0.3) is 5.91 Å². The lowest BCUT2D eigenvalue weighted by atomic mass is 10.1. The van der Waals surface area contributed by atoms with E-state index in [0.29, 0.717) is 25.3 Å². The van der Waals surface area contributed by atoms with Crippen LogP contribution in [0.1, 0.15) is 28.5 Å². The Balaban J connectivity index is 1.61. The monoisotopic (exact) mass is 352 g/mol. The predicted octanol–water partition coefficient (Wildman–Crippen LogP) is 1.99. The van der Waals surface area contributed by atoms with Crippen molar-refractivity contribution in [1.82, 2.24) is 15.2 Å². The van der Waals surface area contributed by atoms with Gasteiger partial charge in [-0.1, -0.05) is 29.8 Å². The summed E-state index contributed by atoms with van der Waals surface area (Å²) < 4.78 is 0. The first-order chi connectivity index (χ1) is 12.5. The molecule has 0 radical (unpaired) electrons. The van der Waals surface area contributed by atoms with Crippen LogP contribution in [0.15, 0.2) is 42.6 Å². The number of nitrogens with zero attached hydrogens (tertiary/aromatic N) is 3. The fourth-order valence-corrected chi connectivity index (χ4v) is 3.11. The highest BCUT2D eigenvalue weighted by atomic mass is 16.2. The molecule has 2 heterocycles. The van der Waals surface area contributed by atoms with Gasteiger partial charge in [-0.25, -0.2) is 0 Å². The number of anilines is 1. The number of carbonyl (C=O) groups excluding carboxylic acids is 2. The quantitative estimate of drug-likeness (QED) is 0.914. The van der Waals surface area contributed by atoms with Gasteiger partial charge in [0.2, 0.25) is 5.91 Å². The maximum Gasteiger partial charge on any atom is 0.270 e. The smallest absolute Gasteiger partial charge is 0.270 e. The summed E-state index contributed by atoms with van der Waals surface area (Å²) in [5.74, 6) is -0.0775. The SMILES string of the molecule is CC(=O)N1CCN(c2ccnc(C(=O)NCc3cccc(C)c3)c2)CC1. The molecular weight excluding hydrogens is 328 g/mol. The maximum atomic E-state index is 12.4. The Bertz CT molecular complexity index is 798. The van der Waals surface area contributed by atoms with Gasteiger partial charge in [-0.05, 0) is 24.6 Å². The zero-order valence-corrected chi connectivity index (χ0v) is 15.2. The van der Waals surface area contributed by atoms with Gasteiger partial charge in [-0.2, -0.15) is 0 Å². The van der Waals surface area contributed by atoms with E-state index in [1.54, 1.807) is 13.1 Å². The van der Waals surface area contributed by atoms with Crippen molar-refractivity contribution in [2.45, 2.75) is 20.4 Å². The van der Waals surface area contributed by atoms with Gasteiger partial charge >= 0.3 is 0 Å². The van der Waals surface area contributed by atoms with Crippen molar-refractivity contribution >= 4 is 17.5 Å². The normalized spacial score (nSPS) is 14.2. The Hall–Kier alpha value is -2.89. The largest absolute Gasteiger partial charge is 0.368 e. The Morgan fingerprint density at radius 2 is 1.88 bits per heavy atom. The van der Waals surface area contributed by atoms with Crippen molar-refractivity contribution in [1.29, 1.82) is 0 Å². The van der Waals surface area contributed by atoms with E-state index in [-0.39, 0.29) is 11.8 Å². The number of pyridine rings is 1. The third kappa shape index (κ3) is 4.39. The number of rotatable bonds is 4. The fraction of sp³-hybridized carbons (Fsp3) is 0.350. The van der Waals surface area contributed by atoms with E-state index in [1.807, 2.05) is 42.2 Å². The summed E-state index contributed by atoms with van der Waals surface area (Å²) >= 11 is 0. The molecule has 0 spiro atoms. The van der Waals surface area contributed by atoms with E-state index in [2.05, 4.69) is 21.3 Å². The third-order valence-electron chi connectivity index (χ3n) is 4.60. The van der Waals surface area contributed by atoms with E-state index >= 15 is 0 Å². The van der Waals surface area contributed by atoms with Crippen LogP contribution in [0.3, 0.4) is 0 Å². The molecule has 26 heavy (non-hydrogen) atoms. The van der Waals surface area contributed by atoms with Gasteiger partial charge < -0.3 is 15.1 Å². The number of aryl methyl sites for hydroxylation is 1. The lowest BCUT2D eigenvalue weighted by Crippen LogP contribution is -2.48. The average molecular weight is 352 g/mol. The standard InChI is InChI=1S/C20H24N4O2/c1-15-4-3-5-17(12-15)14-22-20(26)19-13-18(6-7-21-19)24-10-8-23(9-11-24)16(2)25/h3-7,12-13H,8-11,14H2,1-2H3,(H,22,26). The van der Waals surface area contributed by atoms with Crippen LogP contribution in [0.2, 0.25) is 0 Å². The topological polar surface area (TPSA) is 65.5 Å². The van der Waals surface area contributed by atoms with Crippen LogP contribution >= 0.6 is 0 Å². The molecule has 0 saturated carbocycles. The molecule has 1 fully saturated rings. The van der Waals surface area contributed by atoms with E-state index < -0.39 is 0 Å². The van der Waals surface area contributed by atoms with Gasteiger partial charge in [-0.3, -0.25) is 14.6 Å². The van der Waals surface area contributed by atoms with Crippen molar-refractivity contribution in [2.24, 2.45) is 0 Å². The van der Waals surface area contributed by atoms with Crippen LogP contribution < -0.4 is 10.2 Å². The zero-order chi connectivity index (χ0) is 18.5. The molecule has 2 amide bonds. The molecule has 2 aromatic rings. The lowest BCUT2D eigenvalue weighted by Gasteiger charge is -2.35. The predicted molar refractivity (Wildman–Crippen MR) is 101 cm³/mol. The minimum Gasteiger partial charge on any atom is -0.368 e. The second kappa shape index (κ2) is 7.99. The molecule has 6 nitrogen and oxygen atoms in total. The second-order valence-corrected chi connectivity index (χ2v) is 6.56. The summed E-state index contributed by atoms with van der Waals surface area (Å²) in [5, 5.41) is 2.92. The van der Waals surface area contributed by atoms with Crippen LogP contribution in [-0.2, 0) is 11.3 Å². The number of nitrogens with one attached hydrogen (secondary N) is 1. The lowest BCUT2D eigenvalue weighted by molar-refractivity contribution is -0.129. The maximum absolute atomic E-state index is 12.4. The second-order valence-electron chi connectivity index (χ2n) is 6.56. The van der Waals surface area contributed by atoms with Crippen LogP contribution in [0.4, 0.5) is 5.69 Å². The summed E-state index contributed by atoms with van der Waals surface area (Å²) in [4.78, 5) is 32.1. The molecule has 136 valence electrons. The van der Waals surface area contributed by atoms with Gasteiger partial charge in [0.1, 0.15) is 5.69 Å².